The predicted molar refractivity (Wildman–Crippen MR) is 60.0 cm³/mol. The molecule has 0 heterocycles. The van der Waals surface area contributed by atoms with E-state index in [0.29, 0.717) is 0 Å². The van der Waals surface area contributed by atoms with Crippen molar-refractivity contribution in [3.05, 3.63) is 25.3 Å². The van der Waals surface area contributed by atoms with Crippen molar-refractivity contribution in [2.45, 2.75) is 0 Å². The molecule has 92 valence electrons. The molecule has 0 atom stereocenters. The van der Waals surface area contributed by atoms with Gasteiger partial charge in [0.25, 0.3) is 0 Å². The molecule has 8 heteroatoms. The molecule has 16 heavy (non-hydrogen) atoms. The van der Waals surface area contributed by atoms with Crippen LogP contribution in [0.4, 0.5) is 0 Å². The minimum absolute atomic E-state index is 0.666. The Balaban J connectivity index is 4.33. The number of nitrogens with one attached hydrogen (secondary N) is 2. The monoisotopic (exact) mass is 250 g/mol. The average molecular weight is 250 g/mol. The zero-order valence-corrected chi connectivity index (χ0v) is 9.48. The number of hydrogen-bond donors (Lipinski definition) is 5. The maximum absolute atomic E-state index is 10.7. The van der Waals surface area contributed by atoms with E-state index >= 15 is 0 Å². The number of carbonyl (C=O) groups excluding carboxylic acids is 2. The van der Waals surface area contributed by atoms with Gasteiger partial charge in [0, 0.05) is 0 Å². The first kappa shape index (κ1) is 14.7. The predicted octanol–water partition coefficient (Wildman–Crippen LogP) is -1.22. The van der Waals surface area contributed by atoms with Crippen LogP contribution in [-0.2, 0) is 9.59 Å². The van der Waals surface area contributed by atoms with Gasteiger partial charge in [-0.05, 0) is 0 Å². The summed E-state index contributed by atoms with van der Waals surface area (Å²) in [5.74, 6) is -1.33. The first-order valence-electron chi connectivity index (χ1n) is 4.24. The first-order chi connectivity index (χ1) is 7.18. The number of hydrogen-bond acceptors (Lipinski definition) is 5. The van der Waals surface area contributed by atoms with Crippen LogP contribution in [0.15, 0.2) is 25.3 Å². The standard InChI is InChI=1S/C8H15N2O5P/c1-3-7(11)9-5-16(13,14,15)6-10-8(12)4-2/h3-4,13-15H,1-2,5-6H2,(H,9,11)(H,10,12). The molecule has 0 fully saturated rings. The molecule has 0 unspecified atom stereocenters. The van der Waals surface area contributed by atoms with Gasteiger partial charge in [-0.3, -0.25) is 0 Å². The van der Waals surface area contributed by atoms with Crippen LogP contribution in [0.3, 0.4) is 0 Å². The number of rotatable bonds is 6. The molecule has 0 bridgehead atoms. The van der Waals surface area contributed by atoms with Gasteiger partial charge in [0.2, 0.25) is 0 Å². The molecule has 0 saturated heterocycles. The van der Waals surface area contributed by atoms with E-state index in [-0.39, 0.29) is 0 Å². The Bertz CT molecular complexity index is 292. The van der Waals surface area contributed by atoms with Gasteiger partial charge in [-0.15, -0.1) is 0 Å². The summed E-state index contributed by atoms with van der Waals surface area (Å²) >= 11 is 0. The van der Waals surface area contributed by atoms with Crippen molar-refractivity contribution in [2.75, 3.05) is 12.6 Å². The van der Waals surface area contributed by atoms with Crippen molar-refractivity contribution in [1.29, 1.82) is 0 Å². The molecule has 0 aliphatic rings. The molecule has 0 aliphatic carbocycles. The van der Waals surface area contributed by atoms with Crippen LogP contribution in [-0.4, -0.2) is 39.1 Å². The van der Waals surface area contributed by atoms with Crippen LogP contribution in [0.25, 0.3) is 0 Å². The fourth-order valence-electron chi connectivity index (χ4n) is 0.680. The summed E-state index contributed by atoms with van der Waals surface area (Å²) in [5, 5.41) is 4.06. The number of amides is 2. The topological polar surface area (TPSA) is 119 Å². The molecule has 0 rings (SSSR count). The van der Waals surface area contributed by atoms with E-state index in [4.69, 9.17) is 0 Å². The third-order valence-corrected chi connectivity index (χ3v) is 3.14. The van der Waals surface area contributed by atoms with Gasteiger partial charge < -0.3 is 0 Å². The van der Waals surface area contributed by atoms with Crippen LogP contribution in [0.5, 0.6) is 0 Å². The van der Waals surface area contributed by atoms with E-state index < -0.39 is 31.7 Å². The molecule has 0 radical (unpaired) electrons. The second-order valence-electron chi connectivity index (χ2n) is 3.15. The third kappa shape index (κ3) is 6.26. The molecule has 0 saturated carbocycles. The van der Waals surface area contributed by atoms with E-state index in [1.165, 1.54) is 0 Å². The molecule has 0 spiro atoms. The van der Waals surface area contributed by atoms with Crippen molar-refractivity contribution in [2.24, 2.45) is 0 Å². The van der Waals surface area contributed by atoms with Crippen LogP contribution >= 0.6 is 7.28 Å². The van der Waals surface area contributed by atoms with Crippen LogP contribution in [0, 0.1) is 0 Å². The molecule has 7 nitrogen and oxygen atoms in total. The second kappa shape index (κ2) is 5.18. The summed E-state index contributed by atoms with van der Waals surface area (Å²) in [6, 6.07) is 0. The first-order valence-corrected chi connectivity index (χ1v) is 6.71. The van der Waals surface area contributed by atoms with E-state index in [1.54, 1.807) is 0 Å². The van der Waals surface area contributed by atoms with Crippen molar-refractivity contribution in [1.82, 2.24) is 10.6 Å². The van der Waals surface area contributed by atoms with Crippen molar-refractivity contribution in [3.63, 3.8) is 0 Å². The molecule has 0 aromatic heterocycles. The summed E-state index contributed by atoms with van der Waals surface area (Å²) < 4.78 is 0. The van der Waals surface area contributed by atoms with Crippen LogP contribution in [0.1, 0.15) is 0 Å². The van der Waals surface area contributed by atoms with Crippen molar-refractivity contribution >= 4 is 19.1 Å². The van der Waals surface area contributed by atoms with Gasteiger partial charge >= 0.3 is 91.9 Å². The second-order valence-corrected chi connectivity index (χ2v) is 6.46. The Kier molecular flexibility index (Phi) is 4.77. The summed E-state index contributed by atoms with van der Waals surface area (Å²) in [5.41, 5.74) is 0. The molecule has 0 aromatic carbocycles. The SMILES string of the molecule is C=CC(=O)NCP(O)(O)(O)CNC(=O)C=C. The molecule has 5 N–H and O–H groups in total. The fourth-order valence-corrected chi connectivity index (χ4v) is 1.75. The number of carbonyl (C=O) groups is 2. The van der Waals surface area contributed by atoms with Crippen molar-refractivity contribution < 1.29 is 24.3 Å². The summed E-state index contributed by atoms with van der Waals surface area (Å²) in [6.07, 6.45) is 0.311. The normalized spacial score (nSPS) is 13.1. The van der Waals surface area contributed by atoms with Crippen LogP contribution in [0.2, 0.25) is 0 Å². The maximum atomic E-state index is 10.7. The Labute approximate surface area is 92.6 Å². The van der Waals surface area contributed by atoms with E-state index in [1.807, 2.05) is 10.6 Å². The molecular formula is C8H15N2O5P. The fraction of sp³-hybridized carbons (Fsp3) is 0.250. The Hall–Kier alpha value is -1.27. The summed E-state index contributed by atoms with van der Waals surface area (Å²) in [4.78, 5) is 49.7. The van der Waals surface area contributed by atoms with Gasteiger partial charge in [-0.2, -0.15) is 0 Å². The summed E-state index contributed by atoms with van der Waals surface area (Å²) in [7, 11) is -5.09. The van der Waals surface area contributed by atoms with Crippen LogP contribution < -0.4 is 10.6 Å². The quantitative estimate of drug-likeness (QED) is 0.299. The Morgan fingerprint density at radius 3 is 1.56 bits per heavy atom. The van der Waals surface area contributed by atoms with Crippen molar-refractivity contribution in [3.8, 4) is 0 Å². The Morgan fingerprint density at radius 2 is 1.31 bits per heavy atom. The third-order valence-electron chi connectivity index (χ3n) is 1.53. The summed E-state index contributed by atoms with van der Waals surface area (Å²) in [6.45, 7) is 6.29. The van der Waals surface area contributed by atoms with E-state index in [9.17, 15) is 24.3 Å². The van der Waals surface area contributed by atoms with Gasteiger partial charge in [0.15, 0.2) is 0 Å². The molecular weight excluding hydrogens is 235 g/mol. The van der Waals surface area contributed by atoms with Gasteiger partial charge in [-0.25, -0.2) is 0 Å². The Morgan fingerprint density at radius 1 is 1.00 bits per heavy atom. The minimum atomic E-state index is -5.09. The van der Waals surface area contributed by atoms with Gasteiger partial charge in [-0.1, -0.05) is 0 Å². The van der Waals surface area contributed by atoms with Gasteiger partial charge in [0.05, 0.1) is 0 Å². The molecule has 2 amide bonds. The van der Waals surface area contributed by atoms with E-state index in [2.05, 4.69) is 13.2 Å². The van der Waals surface area contributed by atoms with E-state index in [0.717, 1.165) is 12.2 Å². The zero-order chi connectivity index (χ0) is 12.8. The molecule has 0 aromatic rings. The average Bonchev–Trinajstić information content (AvgIpc) is 2.22. The zero-order valence-electron chi connectivity index (χ0n) is 8.59. The van der Waals surface area contributed by atoms with Gasteiger partial charge in [0.1, 0.15) is 0 Å². The molecule has 0 aliphatic heterocycles.